The van der Waals surface area contributed by atoms with E-state index in [1.54, 1.807) is 0 Å². The number of hydrogen-bond acceptors (Lipinski definition) is 6. The summed E-state index contributed by atoms with van der Waals surface area (Å²) >= 11 is 0. The second-order valence-corrected chi connectivity index (χ2v) is 11.3. The summed E-state index contributed by atoms with van der Waals surface area (Å²) in [7, 11) is 1.51. The van der Waals surface area contributed by atoms with Crippen LogP contribution in [0.3, 0.4) is 0 Å². The average molecular weight is 534 g/mol. The van der Waals surface area contributed by atoms with Gasteiger partial charge in [0.25, 0.3) is 5.91 Å². The first-order chi connectivity index (χ1) is 18.8. The number of nitrogens with one attached hydrogen (secondary N) is 3. The summed E-state index contributed by atoms with van der Waals surface area (Å²) in [6, 6.07) is 6.46. The first kappa shape index (κ1) is 27.1. The molecule has 1 aromatic carbocycles. The van der Waals surface area contributed by atoms with E-state index >= 15 is 0 Å². The second-order valence-electron chi connectivity index (χ2n) is 11.3. The Bertz CT molecular complexity index is 1340. The fraction of sp³-hybridized carbons (Fsp3) is 0.533. The zero-order chi connectivity index (χ0) is 27.5. The van der Waals surface area contributed by atoms with Crippen molar-refractivity contribution in [1.82, 2.24) is 25.6 Å². The van der Waals surface area contributed by atoms with Gasteiger partial charge in [-0.15, -0.1) is 0 Å². The third-order valence-electron chi connectivity index (χ3n) is 7.80. The molecule has 3 aromatic rings. The number of nitrogens with zero attached hydrogens (tertiary/aromatic N) is 2. The van der Waals surface area contributed by atoms with Gasteiger partial charge in [-0.25, -0.2) is 9.97 Å². The van der Waals surface area contributed by atoms with Gasteiger partial charge >= 0.3 is 0 Å². The molecule has 9 heteroatoms. The van der Waals surface area contributed by atoms with Crippen molar-refractivity contribution in [2.24, 2.45) is 5.92 Å². The minimum atomic E-state index is -0.142. The molecule has 0 bridgehead atoms. The summed E-state index contributed by atoms with van der Waals surface area (Å²) in [4.78, 5) is 37.9. The van der Waals surface area contributed by atoms with Crippen LogP contribution < -0.4 is 15.4 Å². The lowest BCUT2D eigenvalue weighted by atomic mass is 9.91. The maximum Gasteiger partial charge on any atom is 0.255 e. The van der Waals surface area contributed by atoms with Gasteiger partial charge in [0.15, 0.2) is 0 Å². The fourth-order valence-corrected chi connectivity index (χ4v) is 5.35. The minimum absolute atomic E-state index is 0.0453. The van der Waals surface area contributed by atoms with Gasteiger partial charge in [-0.3, -0.25) is 9.59 Å². The number of fused-ring (bicyclic) bond motifs is 1. The quantitative estimate of drug-likeness (QED) is 0.349. The summed E-state index contributed by atoms with van der Waals surface area (Å²) in [6.07, 6.45) is 7.20. The van der Waals surface area contributed by atoms with Crippen LogP contribution in [0, 0.1) is 12.8 Å². The number of carbonyl (C=O) groups excluding carboxylic acids is 2. The smallest absolute Gasteiger partial charge is 0.255 e. The lowest BCUT2D eigenvalue weighted by Crippen LogP contribution is -2.44. The number of methoxy groups -OCH3 is 1. The molecule has 0 aliphatic heterocycles. The predicted octanol–water partition coefficient (Wildman–Crippen LogP) is 4.65. The number of aromatic amines is 1. The molecule has 2 saturated carbocycles. The highest BCUT2D eigenvalue weighted by Crippen LogP contribution is 2.38. The Balaban J connectivity index is 1.37. The number of hydrogen-bond donors (Lipinski definition) is 3. The fourth-order valence-electron chi connectivity index (χ4n) is 5.35. The van der Waals surface area contributed by atoms with Crippen LogP contribution in [0.1, 0.15) is 79.9 Å². The number of aryl methyl sites for hydroxylation is 1. The van der Waals surface area contributed by atoms with Crippen molar-refractivity contribution in [2.45, 2.75) is 77.3 Å². The molecule has 2 aliphatic carbocycles. The van der Waals surface area contributed by atoms with Gasteiger partial charge in [-0.2, -0.15) is 0 Å². The van der Waals surface area contributed by atoms with E-state index in [0.717, 1.165) is 53.9 Å². The van der Waals surface area contributed by atoms with E-state index in [0.29, 0.717) is 29.5 Å². The van der Waals surface area contributed by atoms with Crippen LogP contribution in [0.2, 0.25) is 0 Å². The molecule has 9 nitrogen and oxygen atoms in total. The third kappa shape index (κ3) is 6.24. The maximum atomic E-state index is 13.5. The zero-order valence-corrected chi connectivity index (χ0v) is 23.3. The molecule has 2 fully saturated rings. The van der Waals surface area contributed by atoms with E-state index in [-0.39, 0.29) is 30.5 Å². The molecule has 2 aliphatic rings. The number of rotatable bonds is 10. The molecular weight excluding hydrogens is 494 g/mol. The maximum absolute atomic E-state index is 13.5. The van der Waals surface area contributed by atoms with Gasteiger partial charge < -0.3 is 25.1 Å². The van der Waals surface area contributed by atoms with Crippen LogP contribution in [0.15, 0.2) is 24.5 Å². The van der Waals surface area contributed by atoms with Gasteiger partial charge in [0.1, 0.15) is 29.9 Å². The van der Waals surface area contributed by atoms with Crippen LogP contribution >= 0.6 is 0 Å². The van der Waals surface area contributed by atoms with Gasteiger partial charge in [0, 0.05) is 30.5 Å². The Morgan fingerprint density at radius 1 is 1.05 bits per heavy atom. The molecule has 208 valence electrons. The van der Waals surface area contributed by atoms with Crippen molar-refractivity contribution in [3.8, 4) is 17.0 Å². The normalized spacial score (nSPS) is 19.3. The minimum Gasteiger partial charge on any atom is -0.493 e. The molecule has 0 radical (unpaired) electrons. The van der Waals surface area contributed by atoms with E-state index in [2.05, 4.69) is 51.6 Å². The van der Waals surface area contributed by atoms with Crippen molar-refractivity contribution >= 4 is 22.8 Å². The number of amides is 2. The lowest BCUT2D eigenvalue weighted by Gasteiger charge is -2.29. The van der Waals surface area contributed by atoms with Gasteiger partial charge in [-0.1, -0.05) is 19.9 Å². The highest BCUT2D eigenvalue weighted by molar-refractivity contribution is 6.09. The molecule has 0 spiro atoms. The average Bonchev–Trinajstić information content (AvgIpc) is 3.68. The van der Waals surface area contributed by atoms with Crippen LogP contribution in [0.4, 0.5) is 0 Å². The number of H-pyrrole nitrogens is 1. The summed E-state index contributed by atoms with van der Waals surface area (Å²) in [5.74, 6) is 1.55. The first-order valence-corrected chi connectivity index (χ1v) is 14.0. The summed E-state index contributed by atoms with van der Waals surface area (Å²) in [5.41, 5.74) is 5.50. The Morgan fingerprint density at radius 2 is 1.77 bits per heavy atom. The highest BCUT2D eigenvalue weighted by Gasteiger charge is 2.28. The van der Waals surface area contributed by atoms with Crippen molar-refractivity contribution < 1.29 is 19.1 Å². The molecule has 0 saturated heterocycles. The van der Waals surface area contributed by atoms with E-state index in [1.165, 1.54) is 31.8 Å². The SMILES string of the molecule is COCC(=O)NC1CCC(NC(=O)c2c(C)[nH]c3c(-c4cc(C(C)C)ccc4OCC4CC4)ncnc23)CC1. The first-order valence-electron chi connectivity index (χ1n) is 14.0. The van der Waals surface area contributed by atoms with Crippen molar-refractivity contribution in [2.75, 3.05) is 20.3 Å². The Labute approximate surface area is 229 Å². The monoisotopic (exact) mass is 533 g/mol. The van der Waals surface area contributed by atoms with Crippen molar-refractivity contribution in [3.05, 3.63) is 41.3 Å². The Kier molecular flexibility index (Phi) is 8.16. The second kappa shape index (κ2) is 11.7. The molecule has 0 unspecified atom stereocenters. The van der Waals surface area contributed by atoms with Crippen LogP contribution in [-0.4, -0.2) is 59.2 Å². The summed E-state index contributed by atoms with van der Waals surface area (Å²) in [5, 5.41) is 6.21. The standard InChI is InChI=1S/C30H39N5O4/c1-17(2)20-7-12-24(39-14-19-5-6-19)23(13-20)27-29-28(32-16-31-27)26(18(3)33-29)30(37)35-22-10-8-21(9-11-22)34-25(36)15-38-4/h7,12-13,16-17,19,21-22,33H,5-6,8-11,14-15H2,1-4H3,(H,34,36)(H,35,37). The molecular formula is C30H39N5O4. The highest BCUT2D eigenvalue weighted by atomic mass is 16.5. The third-order valence-corrected chi connectivity index (χ3v) is 7.80. The molecule has 39 heavy (non-hydrogen) atoms. The molecule has 5 rings (SSSR count). The largest absolute Gasteiger partial charge is 0.493 e. The molecule has 2 aromatic heterocycles. The van der Waals surface area contributed by atoms with Gasteiger partial charge in [0.2, 0.25) is 5.91 Å². The van der Waals surface area contributed by atoms with E-state index < -0.39 is 0 Å². The van der Waals surface area contributed by atoms with Crippen molar-refractivity contribution in [3.63, 3.8) is 0 Å². The molecule has 0 atom stereocenters. The number of aromatic nitrogens is 3. The van der Waals surface area contributed by atoms with Gasteiger partial charge in [-0.05, 0) is 75.0 Å². The summed E-state index contributed by atoms with van der Waals surface area (Å²) < 4.78 is 11.1. The van der Waals surface area contributed by atoms with Crippen LogP contribution in [-0.2, 0) is 9.53 Å². The molecule has 2 amide bonds. The summed E-state index contributed by atoms with van der Waals surface area (Å²) in [6.45, 7) is 7.01. The number of ether oxygens (including phenoxy) is 2. The van der Waals surface area contributed by atoms with Crippen LogP contribution in [0.5, 0.6) is 5.75 Å². The topological polar surface area (TPSA) is 118 Å². The molecule has 3 N–H and O–H groups in total. The number of carbonyl (C=O) groups is 2. The number of benzene rings is 1. The zero-order valence-electron chi connectivity index (χ0n) is 23.3. The van der Waals surface area contributed by atoms with Crippen molar-refractivity contribution in [1.29, 1.82) is 0 Å². The van der Waals surface area contributed by atoms with E-state index in [9.17, 15) is 9.59 Å². The Hall–Kier alpha value is -3.46. The van der Waals surface area contributed by atoms with Crippen LogP contribution in [0.25, 0.3) is 22.3 Å². The lowest BCUT2D eigenvalue weighted by molar-refractivity contribution is -0.125. The molecule has 2 heterocycles. The van der Waals surface area contributed by atoms with Gasteiger partial charge in [0.05, 0.1) is 17.7 Å². The van der Waals surface area contributed by atoms with E-state index in [1.807, 2.05) is 13.0 Å². The Morgan fingerprint density at radius 3 is 2.44 bits per heavy atom. The predicted molar refractivity (Wildman–Crippen MR) is 150 cm³/mol. The van der Waals surface area contributed by atoms with E-state index in [4.69, 9.17) is 9.47 Å².